The minimum absolute atomic E-state index is 0.111. The summed E-state index contributed by atoms with van der Waals surface area (Å²) < 4.78 is 37.4. The van der Waals surface area contributed by atoms with Crippen LogP contribution in [0.25, 0.3) is 0 Å². The van der Waals surface area contributed by atoms with E-state index in [4.69, 9.17) is 5.84 Å². The van der Waals surface area contributed by atoms with Gasteiger partial charge in [-0.1, -0.05) is 22.0 Å². The van der Waals surface area contributed by atoms with Crippen LogP contribution >= 0.6 is 15.9 Å². The second kappa shape index (κ2) is 6.51. The molecule has 7 heteroatoms. The molecule has 0 amide bonds. The van der Waals surface area contributed by atoms with Crippen LogP contribution in [0, 0.1) is 11.7 Å². The summed E-state index contributed by atoms with van der Waals surface area (Å²) in [5, 5.41) is 0. The van der Waals surface area contributed by atoms with Gasteiger partial charge in [0.1, 0.15) is 5.82 Å². The predicted octanol–water partition coefficient (Wildman–Crippen LogP) is 1.79. The summed E-state index contributed by atoms with van der Waals surface area (Å²) >= 11 is 3.22. The number of halogens is 2. The fourth-order valence-electron chi connectivity index (χ4n) is 2.62. The highest BCUT2D eigenvalue weighted by Gasteiger charge is 2.29. The summed E-state index contributed by atoms with van der Waals surface area (Å²) in [5.41, 5.74) is 3.25. The molecule has 0 spiro atoms. The van der Waals surface area contributed by atoms with Crippen molar-refractivity contribution in [1.82, 2.24) is 5.43 Å². The Morgan fingerprint density at radius 3 is 2.80 bits per heavy atom. The summed E-state index contributed by atoms with van der Waals surface area (Å²) in [4.78, 5) is 0. The van der Waals surface area contributed by atoms with Crippen molar-refractivity contribution in [3.05, 3.63) is 34.1 Å². The predicted molar refractivity (Wildman–Crippen MR) is 80.3 cm³/mol. The first-order chi connectivity index (χ1) is 9.39. The summed E-state index contributed by atoms with van der Waals surface area (Å²) in [6.45, 7) is 0. The Hall–Kier alpha value is -0.500. The number of hydrogen-bond donors (Lipinski definition) is 2. The molecular formula is C13H18BrFN2O2S. The maximum absolute atomic E-state index is 13.8. The molecule has 112 valence electrons. The normalized spacial score (nSPS) is 22.9. The van der Waals surface area contributed by atoms with Gasteiger partial charge < -0.3 is 0 Å². The smallest absolute Gasteiger partial charge is 0.150 e. The monoisotopic (exact) mass is 364 g/mol. The van der Waals surface area contributed by atoms with Crippen LogP contribution in [0.5, 0.6) is 0 Å². The van der Waals surface area contributed by atoms with E-state index in [2.05, 4.69) is 21.4 Å². The maximum Gasteiger partial charge on any atom is 0.150 e. The molecule has 1 aliphatic rings. The Labute approximate surface area is 126 Å². The number of rotatable bonds is 5. The average Bonchev–Trinajstić information content (AvgIpc) is 2.71. The lowest BCUT2D eigenvalue weighted by molar-refractivity contribution is 0.404. The molecule has 1 aromatic rings. The van der Waals surface area contributed by atoms with Crippen LogP contribution in [0.4, 0.5) is 4.39 Å². The van der Waals surface area contributed by atoms with E-state index in [0.717, 1.165) is 0 Å². The molecule has 4 nitrogen and oxygen atoms in total. The third-order valence-corrected chi connectivity index (χ3v) is 5.99. The Morgan fingerprint density at radius 1 is 1.50 bits per heavy atom. The fourth-order valence-corrected chi connectivity index (χ4v) is 4.84. The summed E-state index contributed by atoms with van der Waals surface area (Å²) in [6.07, 6.45) is 1.76. The largest absolute Gasteiger partial charge is 0.271 e. The first kappa shape index (κ1) is 15.9. The van der Waals surface area contributed by atoms with E-state index < -0.39 is 9.84 Å². The Bertz CT molecular complexity index is 580. The number of hydrogen-bond acceptors (Lipinski definition) is 4. The average molecular weight is 365 g/mol. The van der Waals surface area contributed by atoms with Crippen LogP contribution in [0.1, 0.15) is 18.4 Å². The zero-order valence-corrected chi connectivity index (χ0v) is 13.4. The first-order valence-corrected chi connectivity index (χ1v) is 9.11. The quantitative estimate of drug-likeness (QED) is 0.617. The summed E-state index contributed by atoms with van der Waals surface area (Å²) in [6, 6.07) is 4.80. The molecule has 3 N–H and O–H groups in total. The van der Waals surface area contributed by atoms with Gasteiger partial charge in [0.2, 0.25) is 0 Å². The lowest BCUT2D eigenvalue weighted by atomic mass is 9.95. The SMILES string of the molecule is NNC(Cc1ccc(Br)cc1F)CC1CCS(=O)(=O)C1. The van der Waals surface area contributed by atoms with Gasteiger partial charge in [-0.25, -0.2) is 12.8 Å². The molecule has 1 aromatic carbocycles. The van der Waals surface area contributed by atoms with Gasteiger partial charge in [0.15, 0.2) is 9.84 Å². The lowest BCUT2D eigenvalue weighted by Gasteiger charge is -2.19. The van der Waals surface area contributed by atoms with Crippen LogP contribution in [-0.2, 0) is 16.3 Å². The van der Waals surface area contributed by atoms with Gasteiger partial charge >= 0.3 is 0 Å². The number of sulfone groups is 1. The molecule has 0 aliphatic carbocycles. The molecule has 0 radical (unpaired) electrons. The highest BCUT2D eigenvalue weighted by Crippen LogP contribution is 2.24. The summed E-state index contributed by atoms with van der Waals surface area (Å²) in [5.74, 6) is 5.81. The standard InChI is InChI=1S/C13H18BrFN2O2S/c14-11-2-1-10(13(15)7-11)6-12(17-16)5-9-3-4-20(18,19)8-9/h1-2,7,9,12,17H,3-6,8,16H2. The summed E-state index contributed by atoms with van der Waals surface area (Å²) in [7, 11) is -2.88. The second-order valence-electron chi connectivity index (χ2n) is 5.31. The van der Waals surface area contributed by atoms with Crippen molar-refractivity contribution in [3.63, 3.8) is 0 Å². The third-order valence-electron chi connectivity index (χ3n) is 3.66. The van der Waals surface area contributed by atoms with E-state index >= 15 is 0 Å². The molecule has 0 bridgehead atoms. The number of nitrogens with one attached hydrogen (secondary N) is 1. The van der Waals surface area contributed by atoms with Crippen LogP contribution in [-0.4, -0.2) is 26.0 Å². The molecule has 1 fully saturated rings. The number of benzene rings is 1. The van der Waals surface area contributed by atoms with E-state index in [-0.39, 0.29) is 29.3 Å². The van der Waals surface area contributed by atoms with Gasteiger partial charge in [-0.2, -0.15) is 0 Å². The van der Waals surface area contributed by atoms with E-state index in [9.17, 15) is 12.8 Å². The van der Waals surface area contributed by atoms with Crippen LogP contribution in [0.3, 0.4) is 0 Å². The van der Waals surface area contributed by atoms with Crippen molar-refractivity contribution in [3.8, 4) is 0 Å². The topological polar surface area (TPSA) is 72.2 Å². The minimum atomic E-state index is -2.88. The van der Waals surface area contributed by atoms with Crippen LogP contribution < -0.4 is 11.3 Å². The van der Waals surface area contributed by atoms with Gasteiger partial charge in [-0.15, -0.1) is 0 Å². The van der Waals surface area contributed by atoms with Crippen LogP contribution in [0.15, 0.2) is 22.7 Å². The molecule has 0 aromatic heterocycles. The van der Waals surface area contributed by atoms with Crippen molar-refractivity contribution < 1.29 is 12.8 Å². The van der Waals surface area contributed by atoms with Crippen molar-refractivity contribution >= 4 is 25.8 Å². The highest BCUT2D eigenvalue weighted by molar-refractivity contribution is 9.10. The lowest BCUT2D eigenvalue weighted by Crippen LogP contribution is -2.38. The van der Waals surface area contributed by atoms with E-state index in [1.165, 1.54) is 6.07 Å². The minimum Gasteiger partial charge on any atom is -0.271 e. The third kappa shape index (κ3) is 4.25. The number of nitrogens with two attached hydrogens (primary N) is 1. The van der Waals surface area contributed by atoms with Crippen molar-refractivity contribution in [1.29, 1.82) is 0 Å². The van der Waals surface area contributed by atoms with E-state index in [1.807, 2.05) is 0 Å². The van der Waals surface area contributed by atoms with Crippen molar-refractivity contribution in [2.75, 3.05) is 11.5 Å². The molecule has 1 saturated heterocycles. The Morgan fingerprint density at radius 2 is 2.25 bits per heavy atom. The van der Waals surface area contributed by atoms with Crippen molar-refractivity contribution in [2.24, 2.45) is 11.8 Å². The Balaban J connectivity index is 1.99. The maximum atomic E-state index is 13.8. The molecule has 1 heterocycles. The highest BCUT2D eigenvalue weighted by atomic mass is 79.9. The van der Waals surface area contributed by atoms with Gasteiger partial charge in [0.25, 0.3) is 0 Å². The Kier molecular flexibility index (Phi) is 5.17. The van der Waals surface area contributed by atoms with Gasteiger partial charge in [-0.05, 0) is 42.9 Å². The van der Waals surface area contributed by atoms with E-state index in [0.29, 0.717) is 29.3 Å². The van der Waals surface area contributed by atoms with Crippen molar-refractivity contribution in [2.45, 2.75) is 25.3 Å². The first-order valence-electron chi connectivity index (χ1n) is 6.50. The second-order valence-corrected chi connectivity index (χ2v) is 8.45. The zero-order chi connectivity index (χ0) is 14.8. The molecule has 2 atom stereocenters. The molecule has 2 rings (SSSR count). The van der Waals surface area contributed by atoms with Crippen LogP contribution in [0.2, 0.25) is 0 Å². The molecule has 0 saturated carbocycles. The zero-order valence-electron chi connectivity index (χ0n) is 11.0. The van der Waals surface area contributed by atoms with Gasteiger partial charge in [0, 0.05) is 10.5 Å². The molecule has 2 unspecified atom stereocenters. The molecule has 1 aliphatic heterocycles. The fraction of sp³-hybridized carbons (Fsp3) is 0.538. The van der Waals surface area contributed by atoms with Gasteiger partial charge in [-0.3, -0.25) is 11.3 Å². The van der Waals surface area contributed by atoms with Gasteiger partial charge in [0.05, 0.1) is 11.5 Å². The van der Waals surface area contributed by atoms with E-state index in [1.54, 1.807) is 12.1 Å². The molecular weight excluding hydrogens is 347 g/mol. The number of hydrazine groups is 1. The molecule has 20 heavy (non-hydrogen) atoms.